The van der Waals surface area contributed by atoms with Crippen LogP contribution in [0.2, 0.25) is 0 Å². The van der Waals surface area contributed by atoms with E-state index in [1.54, 1.807) is 0 Å². The molecule has 1 aromatic heterocycles. The van der Waals surface area contributed by atoms with Crippen molar-refractivity contribution in [2.45, 2.75) is 29.5 Å². The Morgan fingerprint density at radius 2 is 2.43 bits per heavy atom. The number of aliphatic hydroxyl groups excluding tert-OH is 1. The Bertz CT molecular complexity index is 567. The second kappa shape index (κ2) is 4.95. The van der Waals surface area contributed by atoms with Crippen molar-refractivity contribution in [3.05, 3.63) is 6.33 Å². The second-order valence-corrected chi connectivity index (χ2v) is 6.91. The van der Waals surface area contributed by atoms with Crippen LogP contribution in [0.1, 0.15) is 19.4 Å². The van der Waals surface area contributed by atoms with E-state index in [1.807, 2.05) is 6.92 Å². The predicted octanol–water partition coefficient (Wildman–Crippen LogP) is -1.03. The average Bonchev–Trinajstić information content (AvgIpc) is 3.06. The molecule has 2 fully saturated rings. The number of nitrogens with zero attached hydrogens (tertiary/aromatic N) is 5. The highest BCUT2D eigenvalue weighted by molar-refractivity contribution is 8.02. The van der Waals surface area contributed by atoms with Gasteiger partial charge in [0.2, 0.25) is 5.91 Å². The Morgan fingerprint density at radius 3 is 3.00 bits per heavy atom. The van der Waals surface area contributed by atoms with E-state index < -0.39 is 16.6 Å². The van der Waals surface area contributed by atoms with E-state index in [4.69, 9.17) is 0 Å². The summed E-state index contributed by atoms with van der Waals surface area (Å²) in [6, 6.07) is -0.204. The van der Waals surface area contributed by atoms with Crippen LogP contribution >= 0.6 is 11.8 Å². The summed E-state index contributed by atoms with van der Waals surface area (Å²) in [5.74, 6) is -1.61. The van der Waals surface area contributed by atoms with Gasteiger partial charge in [-0.25, -0.2) is 4.68 Å². The molecule has 2 aliphatic rings. The number of aromatic nitrogens is 4. The van der Waals surface area contributed by atoms with Gasteiger partial charge in [-0.3, -0.25) is 9.59 Å². The van der Waals surface area contributed by atoms with E-state index in [-0.39, 0.29) is 30.5 Å². The summed E-state index contributed by atoms with van der Waals surface area (Å²) in [5, 5.41) is 29.5. The Morgan fingerprint density at radius 1 is 1.67 bits per heavy atom. The molecular weight excluding hydrogens is 298 g/mol. The van der Waals surface area contributed by atoms with Crippen LogP contribution in [0.15, 0.2) is 6.33 Å². The molecule has 2 saturated heterocycles. The molecular formula is C11H15N5O4S. The SMILES string of the molecule is C[C@H](CC1(C(=O)O)CN2C(=O)[C@H](CO)[C@H]2S1)n1cnnn1. The Hall–Kier alpha value is -1.68. The molecule has 2 aliphatic heterocycles. The van der Waals surface area contributed by atoms with Gasteiger partial charge in [-0.15, -0.1) is 16.9 Å². The fraction of sp³-hybridized carbons (Fsp3) is 0.727. The molecule has 1 unspecified atom stereocenters. The molecule has 9 nitrogen and oxygen atoms in total. The summed E-state index contributed by atoms with van der Waals surface area (Å²) in [4.78, 5) is 25.1. The van der Waals surface area contributed by atoms with Gasteiger partial charge in [-0.2, -0.15) is 0 Å². The molecule has 0 saturated carbocycles. The second-order valence-electron chi connectivity index (χ2n) is 5.41. The minimum atomic E-state index is -1.09. The van der Waals surface area contributed by atoms with E-state index >= 15 is 0 Å². The number of aliphatic carboxylic acids is 1. The molecule has 114 valence electrons. The van der Waals surface area contributed by atoms with Crippen LogP contribution in [0, 0.1) is 5.92 Å². The van der Waals surface area contributed by atoms with E-state index in [0.29, 0.717) is 6.42 Å². The van der Waals surface area contributed by atoms with E-state index in [1.165, 1.54) is 27.7 Å². The molecule has 0 radical (unpaired) electrons. The first-order valence-electron chi connectivity index (χ1n) is 6.53. The number of amides is 1. The third-order valence-corrected chi connectivity index (χ3v) is 5.80. The lowest BCUT2D eigenvalue weighted by atomic mass is 9.94. The van der Waals surface area contributed by atoms with Crippen molar-refractivity contribution in [2.75, 3.05) is 13.2 Å². The number of thioether (sulfide) groups is 1. The molecule has 21 heavy (non-hydrogen) atoms. The van der Waals surface area contributed by atoms with E-state index in [9.17, 15) is 19.8 Å². The van der Waals surface area contributed by atoms with Gasteiger partial charge in [0.1, 0.15) is 11.1 Å². The summed E-state index contributed by atoms with van der Waals surface area (Å²) >= 11 is 1.24. The first-order valence-corrected chi connectivity index (χ1v) is 7.41. The number of carbonyl (C=O) groups excluding carboxylic acids is 1. The number of aliphatic hydroxyl groups is 1. The van der Waals surface area contributed by atoms with Crippen LogP contribution in [0.25, 0.3) is 0 Å². The first-order chi connectivity index (χ1) is 9.98. The maximum Gasteiger partial charge on any atom is 0.321 e. The summed E-state index contributed by atoms with van der Waals surface area (Å²) in [6.45, 7) is 1.74. The van der Waals surface area contributed by atoms with Gasteiger partial charge >= 0.3 is 5.97 Å². The maximum atomic E-state index is 11.8. The number of carbonyl (C=O) groups is 2. The van der Waals surface area contributed by atoms with Crippen LogP contribution < -0.4 is 0 Å². The summed E-state index contributed by atoms with van der Waals surface area (Å²) in [7, 11) is 0. The van der Waals surface area contributed by atoms with Crippen molar-refractivity contribution in [2.24, 2.45) is 5.92 Å². The summed E-state index contributed by atoms with van der Waals surface area (Å²) in [6.07, 6.45) is 1.74. The standard InChI is InChI=1S/C11H15N5O4S/c1-6(16-5-12-13-14-16)2-11(10(19)20)4-15-8(18)7(3-17)9(15)21-11/h5-7,9,17H,2-4H2,1H3,(H,19,20)/t6-,7+,9-,11?/m1/s1. The number of tetrazole rings is 1. The topological polar surface area (TPSA) is 121 Å². The highest BCUT2D eigenvalue weighted by Crippen LogP contribution is 2.52. The largest absolute Gasteiger partial charge is 0.480 e. The molecule has 0 bridgehead atoms. The third kappa shape index (κ3) is 2.09. The van der Waals surface area contributed by atoms with Crippen molar-refractivity contribution < 1.29 is 19.8 Å². The zero-order valence-electron chi connectivity index (χ0n) is 11.3. The molecule has 2 N–H and O–H groups in total. The zero-order valence-corrected chi connectivity index (χ0v) is 12.1. The van der Waals surface area contributed by atoms with Crippen molar-refractivity contribution in [1.29, 1.82) is 0 Å². The van der Waals surface area contributed by atoms with Crippen molar-refractivity contribution in [1.82, 2.24) is 25.1 Å². The first kappa shape index (κ1) is 14.3. The van der Waals surface area contributed by atoms with Gasteiger partial charge < -0.3 is 15.1 Å². The number of rotatable bonds is 5. The van der Waals surface area contributed by atoms with Gasteiger partial charge in [0.15, 0.2) is 0 Å². The van der Waals surface area contributed by atoms with Gasteiger partial charge in [0, 0.05) is 6.54 Å². The fourth-order valence-corrected chi connectivity index (χ4v) is 4.67. The van der Waals surface area contributed by atoms with Crippen LogP contribution in [-0.2, 0) is 9.59 Å². The zero-order chi connectivity index (χ0) is 15.2. The number of hydrogen-bond acceptors (Lipinski definition) is 7. The lowest BCUT2D eigenvalue weighted by Crippen LogP contribution is -2.58. The predicted molar refractivity (Wildman–Crippen MR) is 71.2 cm³/mol. The lowest BCUT2D eigenvalue weighted by molar-refractivity contribution is -0.152. The van der Waals surface area contributed by atoms with Gasteiger partial charge in [0.25, 0.3) is 0 Å². The number of β-lactam (4-membered cyclic amide) rings is 1. The molecule has 3 rings (SSSR count). The number of carboxylic acids is 1. The monoisotopic (exact) mass is 313 g/mol. The molecule has 10 heteroatoms. The Balaban J connectivity index is 1.79. The quantitative estimate of drug-likeness (QED) is 0.662. The van der Waals surface area contributed by atoms with Crippen LogP contribution in [0.3, 0.4) is 0 Å². The number of hydrogen-bond donors (Lipinski definition) is 2. The third-order valence-electron chi connectivity index (χ3n) is 4.05. The normalized spacial score (nSPS) is 32.7. The van der Waals surface area contributed by atoms with Crippen LogP contribution in [0.5, 0.6) is 0 Å². The molecule has 1 aromatic rings. The van der Waals surface area contributed by atoms with E-state index in [0.717, 1.165) is 0 Å². The van der Waals surface area contributed by atoms with Crippen LogP contribution in [-0.4, -0.2) is 70.5 Å². The molecule has 0 aliphatic carbocycles. The van der Waals surface area contributed by atoms with Gasteiger partial charge in [-0.05, 0) is 23.8 Å². The van der Waals surface area contributed by atoms with Crippen LogP contribution in [0.4, 0.5) is 0 Å². The molecule has 0 aromatic carbocycles. The molecule has 1 amide bonds. The highest BCUT2D eigenvalue weighted by Gasteiger charge is 2.61. The Kier molecular flexibility index (Phi) is 3.36. The average molecular weight is 313 g/mol. The minimum Gasteiger partial charge on any atom is -0.480 e. The van der Waals surface area contributed by atoms with Crippen molar-refractivity contribution in [3.63, 3.8) is 0 Å². The smallest absolute Gasteiger partial charge is 0.321 e. The van der Waals surface area contributed by atoms with E-state index in [2.05, 4.69) is 15.5 Å². The minimum absolute atomic E-state index is 0.152. The molecule has 0 spiro atoms. The molecule has 3 heterocycles. The van der Waals surface area contributed by atoms with Crippen molar-refractivity contribution in [3.8, 4) is 0 Å². The summed E-state index contributed by atoms with van der Waals surface area (Å²) in [5.41, 5.74) is 0. The lowest BCUT2D eigenvalue weighted by Gasteiger charge is -2.40. The maximum absolute atomic E-state index is 11.8. The Labute approximate surface area is 124 Å². The number of carboxylic acid groups (broad SMARTS) is 1. The fourth-order valence-electron chi connectivity index (χ4n) is 2.88. The van der Waals surface area contributed by atoms with Gasteiger partial charge in [-0.1, -0.05) is 0 Å². The summed E-state index contributed by atoms with van der Waals surface area (Å²) < 4.78 is 0.418. The van der Waals surface area contributed by atoms with Crippen molar-refractivity contribution >= 4 is 23.6 Å². The number of fused-ring (bicyclic) bond motifs is 1. The van der Waals surface area contributed by atoms with Gasteiger partial charge in [0.05, 0.1) is 23.9 Å². The molecule has 4 atom stereocenters. The highest BCUT2D eigenvalue weighted by atomic mass is 32.2.